The second-order valence-electron chi connectivity index (χ2n) is 6.94. The average molecular weight is 507 g/mol. The Morgan fingerprint density at radius 1 is 1.12 bits per heavy atom. The molecule has 0 bridgehead atoms. The molecule has 0 radical (unpaired) electrons. The molecule has 0 atom stereocenters. The number of carbonyl (C=O) groups excluding carboxylic acids is 2. The molecule has 0 saturated carbocycles. The fourth-order valence-corrected chi connectivity index (χ4v) is 5.25. The lowest BCUT2D eigenvalue weighted by atomic mass is 10.1. The number of aryl methyl sites for hydroxylation is 1. The quantitative estimate of drug-likeness (QED) is 0.267. The van der Waals surface area contributed by atoms with Crippen molar-refractivity contribution in [2.24, 2.45) is 0 Å². The van der Waals surface area contributed by atoms with Gasteiger partial charge in [0.05, 0.1) is 31.4 Å². The van der Waals surface area contributed by atoms with Gasteiger partial charge in [-0.3, -0.25) is 19.2 Å². The summed E-state index contributed by atoms with van der Waals surface area (Å²) in [5.41, 5.74) is 2.67. The Labute approximate surface area is 200 Å². The van der Waals surface area contributed by atoms with Crippen molar-refractivity contribution < 1.29 is 22.7 Å². The van der Waals surface area contributed by atoms with Gasteiger partial charge in [0.1, 0.15) is 0 Å². The SMILES string of the molecule is COC(=O)CSc1nnc(NC(=O)c2ccc(N(Cc3ccccc3C)S(C)(=O)=O)cc2)s1. The van der Waals surface area contributed by atoms with E-state index in [0.29, 0.717) is 15.6 Å². The van der Waals surface area contributed by atoms with Crippen molar-refractivity contribution in [2.45, 2.75) is 17.8 Å². The molecule has 3 rings (SSSR count). The second-order valence-corrected chi connectivity index (χ2v) is 11.0. The van der Waals surface area contributed by atoms with E-state index in [4.69, 9.17) is 0 Å². The number of thioether (sulfide) groups is 1. The highest BCUT2D eigenvalue weighted by atomic mass is 32.2. The zero-order chi connectivity index (χ0) is 24.0. The van der Waals surface area contributed by atoms with Gasteiger partial charge in [0, 0.05) is 5.56 Å². The monoisotopic (exact) mass is 506 g/mol. The van der Waals surface area contributed by atoms with Gasteiger partial charge in [0.25, 0.3) is 5.91 Å². The highest BCUT2D eigenvalue weighted by Gasteiger charge is 2.19. The van der Waals surface area contributed by atoms with Gasteiger partial charge in [-0.25, -0.2) is 8.42 Å². The van der Waals surface area contributed by atoms with Crippen molar-refractivity contribution in [1.82, 2.24) is 10.2 Å². The second kappa shape index (κ2) is 10.8. The lowest BCUT2D eigenvalue weighted by molar-refractivity contribution is -0.137. The van der Waals surface area contributed by atoms with Crippen LogP contribution in [0.1, 0.15) is 21.5 Å². The van der Waals surface area contributed by atoms with Crippen molar-refractivity contribution in [3.63, 3.8) is 0 Å². The molecule has 0 fully saturated rings. The van der Waals surface area contributed by atoms with E-state index in [0.717, 1.165) is 40.5 Å². The molecular formula is C21H22N4O5S3. The Balaban J connectivity index is 1.70. The van der Waals surface area contributed by atoms with Crippen LogP contribution in [0.4, 0.5) is 10.8 Å². The third-order valence-corrected chi connectivity index (χ3v) is 7.65. The Bertz CT molecular complexity index is 1240. The zero-order valence-corrected chi connectivity index (χ0v) is 20.6. The van der Waals surface area contributed by atoms with Gasteiger partial charge in [-0.2, -0.15) is 0 Å². The van der Waals surface area contributed by atoms with Gasteiger partial charge < -0.3 is 4.74 Å². The van der Waals surface area contributed by atoms with Crippen LogP contribution in [0.15, 0.2) is 52.9 Å². The van der Waals surface area contributed by atoms with Gasteiger partial charge in [0.2, 0.25) is 15.2 Å². The molecule has 0 spiro atoms. The minimum atomic E-state index is -3.54. The van der Waals surface area contributed by atoms with E-state index in [2.05, 4.69) is 20.3 Å². The van der Waals surface area contributed by atoms with Crippen LogP contribution in [0.2, 0.25) is 0 Å². The first-order chi connectivity index (χ1) is 15.7. The molecule has 0 aliphatic carbocycles. The predicted molar refractivity (Wildman–Crippen MR) is 129 cm³/mol. The predicted octanol–water partition coefficient (Wildman–Crippen LogP) is 3.33. The third-order valence-electron chi connectivity index (χ3n) is 4.56. The standard InChI is InChI=1S/C21H22N4O5S3/c1-14-6-4-5-7-16(14)12-25(33(3,28)29)17-10-8-15(9-11-17)19(27)22-20-23-24-21(32-20)31-13-18(26)30-2/h4-11H,12-13H2,1-3H3,(H,22,23,27). The van der Waals surface area contributed by atoms with Gasteiger partial charge in [-0.05, 0) is 42.3 Å². The van der Waals surface area contributed by atoms with Crippen molar-refractivity contribution in [1.29, 1.82) is 0 Å². The first-order valence-electron chi connectivity index (χ1n) is 9.64. The Hall–Kier alpha value is -2.96. The number of sulfonamides is 1. The number of ether oxygens (including phenoxy) is 1. The van der Waals surface area contributed by atoms with Crippen LogP contribution in [0.3, 0.4) is 0 Å². The molecular weight excluding hydrogens is 484 g/mol. The number of esters is 1. The van der Waals surface area contributed by atoms with Gasteiger partial charge in [0.15, 0.2) is 4.34 Å². The van der Waals surface area contributed by atoms with E-state index in [1.165, 1.54) is 11.4 Å². The van der Waals surface area contributed by atoms with E-state index < -0.39 is 15.9 Å². The molecule has 33 heavy (non-hydrogen) atoms. The van der Waals surface area contributed by atoms with Crippen molar-refractivity contribution in [3.05, 3.63) is 65.2 Å². The van der Waals surface area contributed by atoms with Gasteiger partial charge in [-0.1, -0.05) is 47.4 Å². The normalized spacial score (nSPS) is 11.1. The van der Waals surface area contributed by atoms with E-state index in [1.807, 2.05) is 31.2 Å². The maximum absolute atomic E-state index is 12.6. The fraction of sp³-hybridized carbons (Fsp3) is 0.238. The number of hydrogen-bond acceptors (Lipinski definition) is 9. The topological polar surface area (TPSA) is 119 Å². The van der Waals surface area contributed by atoms with Gasteiger partial charge in [-0.15, -0.1) is 10.2 Å². The molecule has 1 aromatic heterocycles. The summed E-state index contributed by atoms with van der Waals surface area (Å²) in [5.74, 6) is -0.696. The Kier molecular flexibility index (Phi) is 8.06. The smallest absolute Gasteiger partial charge is 0.316 e. The number of hydrogen-bond donors (Lipinski definition) is 1. The fourth-order valence-electron chi connectivity index (χ4n) is 2.79. The van der Waals surface area contributed by atoms with Crippen LogP contribution < -0.4 is 9.62 Å². The molecule has 1 amide bonds. The number of nitrogens with zero attached hydrogens (tertiary/aromatic N) is 3. The first kappa shape index (κ1) is 24.7. The van der Waals surface area contributed by atoms with Gasteiger partial charge >= 0.3 is 5.97 Å². The minimum Gasteiger partial charge on any atom is -0.468 e. The summed E-state index contributed by atoms with van der Waals surface area (Å²) >= 11 is 2.30. The molecule has 3 aromatic rings. The van der Waals surface area contributed by atoms with E-state index >= 15 is 0 Å². The molecule has 0 aliphatic heterocycles. The number of anilines is 2. The molecule has 12 heteroatoms. The van der Waals surface area contributed by atoms with E-state index in [-0.39, 0.29) is 23.4 Å². The molecule has 174 valence electrons. The van der Waals surface area contributed by atoms with Crippen LogP contribution in [0, 0.1) is 6.92 Å². The lowest BCUT2D eigenvalue weighted by Gasteiger charge is -2.23. The summed E-state index contributed by atoms with van der Waals surface area (Å²) < 4.78 is 31.2. The van der Waals surface area contributed by atoms with Crippen molar-refractivity contribution in [2.75, 3.05) is 28.7 Å². The summed E-state index contributed by atoms with van der Waals surface area (Å²) in [5, 5.41) is 10.7. The highest BCUT2D eigenvalue weighted by molar-refractivity contribution is 8.01. The van der Waals surface area contributed by atoms with Crippen molar-refractivity contribution >= 4 is 55.8 Å². The van der Waals surface area contributed by atoms with Crippen LogP contribution >= 0.6 is 23.1 Å². The Morgan fingerprint density at radius 2 is 1.82 bits per heavy atom. The average Bonchev–Trinajstić information content (AvgIpc) is 3.23. The number of carbonyl (C=O) groups is 2. The third kappa shape index (κ3) is 6.76. The number of amides is 1. The molecule has 0 unspecified atom stereocenters. The lowest BCUT2D eigenvalue weighted by Crippen LogP contribution is -2.29. The van der Waals surface area contributed by atoms with Crippen LogP contribution in [-0.4, -0.2) is 49.6 Å². The van der Waals surface area contributed by atoms with Crippen LogP contribution in [-0.2, 0) is 26.1 Å². The summed E-state index contributed by atoms with van der Waals surface area (Å²) in [7, 11) is -2.24. The highest BCUT2D eigenvalue weighted by Crippen LogP contribution is 2.26. The number of aromatic nitrogens is 2. The van der Waals surface area contributed by atoms with E-state index in [1.54, 1.807) is 24.3 Å². The van der Waals surface area contributed by atoms with Crippen molar-refractivity contribution in [3.8, 4) is 0 Å². The number of methoxy groups -OCH3 is 1. The molecule has 1 heterocycles. The largest absolute Gasteiger partial charge is 0.468 e. The maximum atomic E-state index is 12.6. The minimum absolute atomic E-state index is 0.0971. The van der Waals surface area contributed by atoms with Crippen LogP contribution in [0.25, 0.3) is 0 Å². The van der Waals surface area contributed by atoms with E-state index in [9.17, 15) is 18.0 Å². The Morgan fingerprint density at radius 3 is 2.45 bits per heavy atom. The molecule has 9 nitrogen and oxygen atoms in total. The number of nitrogens with one attached hydrogen (secondary N) is 1. The first-order valence-corrected chi connectivity index (χ1v) is 13.3. The molecule has 2 aromatic carbocycles. The summed E-state index contributed by atoms with van der Waals surface area (Å²) in [6.45, 7) is 2.11. The maximum Gasteiger partial charge on any atom is 0.316 e. The molecule has 0 aliphatic rings. The molecule has 0 saturated heterocycles. The summed E-state index contributed by atoms with van der Waals surface area (Å²) in [4.78, 5) is 23.8. The summed E-state index contributed by atoms with van der Waals surface area (Å²) in [6, 6.07) is 13.9. The molecule has 1 N–H and O–H groups in total. The summed E-state index contributed by atoms with van der Waals surface area (Å²) in [6.07, 6.45) is 1.15. The number of rotatable bonds is 9. The number of benzene rings is 2. The zero-order valence-electron chi connectivity index (χ0n) is 18.1. The van der Waals surface area contributed by atoms with Crippen LogP contribution in [0.5, 0.6) is 0 Å².